The van der Waals surface area contributed by atoms with Gasteiger partial charge in [0.1, 0.15) is 5.65 Å². The highest BCUT2D eigenvalue weighted by Gasteiger charge is 2.13. The first kappa shape index (κ1) is 16.8. The predicted molar refractivity (Wildman–Crippen MR) is 83.5 cm³/mol. The molecule has 0 aliphatic rings. The minimum absolute atomic E-state index is 0.0883. The number of unbranched alkanes of at least 4 members (excludes halogenated alkanes) is 1. The van der Waals surface area contributed by atoms with Crippen LogP contribution >= 0.6 is 0 Å². The van der Waals surface area contributed by atoms with Crippen LogP contribution in [0, 0.1) is 0 Å². The van der Waals surface area contributed by atoms with Crippen molar-refractivity contribution < 1.29 is 9.53 Å². The lowest BCUT2D eigenvalue weighted by molar-refractivity contribution is -0.145. The van der Waals surface area contributed by atoms with Gasteiger partial charge in [-0.3, -0.25) is 28.7 Å². The molecular weight excluding hydrogens is 304 g/mol. The van der Waals surface area contributed by atoms with E-state index in [2.05, 4.69) is 9.97 Å². The number of rotatable bonds is 6. The molecule has 0 aliphatic carbocycles. The Morgan fingerprint density at radius 2 is 1.91 bits per heavy atom. The number of ether oxygens (including phenoxy) is 1. The first-order chi connectivity index (χ1) is 10.8. The molecular formula is C14H20N4O5. The van der Waals surface area contributed by atoms with Gasteiger partial charge in [0.2, 0.25) is 0 Å². The molecule has 0 bridgehead atoms. The molecule has 126 valence electrons. The summed E-state index contributed by atoms with van der Waals surface area (Å²) >= 11 is 0. The molecule has 2 aromatic rings. The van der Waals surface area contributed by atoms with E-state index < -0.39 is 16.9 Å². The second kappa shape index (κ2) is 6.67. The summed E-state index contributed by atoms with van der Waals surface area (Å²) in [4.78, 5) is 51.5. The summed E-state index contributed by atoms with van der Waals surface area (Å²) in [6, 6.07) is 0. The fraction of sp³-hybridized carbons (Fsp3) is 0.571. The molecule has 0 aliphatic heterocycles. The van der Waals surface area contributed by atoms with Crippen LogP contribution in [0.3, 0.4) is 0 Å². The summed E-state index contributed by atoms with van der Waals surface area (Å²) in [5.41, 5.74) is -1.25. The second-order valence-corrected chi connectivity index (χ2v) is 5.52. The highest BCUT2D eigenvalue weighted by atomic mass is 16.5. The molecule has 0 fully saturated rings. The largest absolute Gasteiger partial charge is 0.463 e. The van der Waals surface area contributed by atoms with Gasteiger partial charge >= 0.3 is 17.3 Å². The zero-order chi connectivity index (χ0) is 17.1. The van der Waals surface area contributed by atoms with Crippen LogP contribution in [0.5, 0.6) is 0 Å². The summed E-state index contributed by atoms with van der Waals surface area (Å²) in [5.74, 6) is -0.329. The number of aromatic nitrogens is 4. The van der Waals surface area contributed by atoms with E-state index in [9.17, 15) is 19.2 Å². The smallest absolute Gasteiger partial charge is 0.332 e. The van der Waals surface area contributed by atoms with Crippen LogP contribution < -0.4 is 16.9 Å². The molecule has 2 heterocycles. The fourth-order valence-electron chi connectivity index (χ4n) is 2.52. The van der Waals surface area contributed by atoms with Crippen LogP contribution in [0.4, 0.5) is 0 Å². The highest BCUT2D eigenvalue weighted by Crippen LogP contribution is 2.05. The quantitative estimate of drug-likeness (QED) is 0.565. The van der Waals surface area contributed by atoms with E-state index in [-0.39, 0.29) is 29.8 Å². The topological polar surface area (TPSA) is 119 Å². The number of nitrogens with zero attached hydrogens (tertiary/aromatic N) is 2. The number of aryl methyl sites for hydroxylation is 1. The van der Waals surface area contributed by atoms with Crippen molar-refractivity contribution in [2.45, 2.75) is 45.8 Å². The summed E-state index contributed by atoms with van der Waals surface area (Å²) in [7, 11) is 1.49. The average Bonchev–Trinajstić information content (AvgIpc) is 2.85. The number of hydrogen-bond donors (Lipinski definition) is 2. The zero-order valence-electron chi connectivity index (χ0n) is 13.3. The van der Waals surface area contributed by atoms with Crippen LogP contribution in [-0.4, -0.2) is 31.2 Å². The van der Waals surface area contributed by atoms with Gasteiger partial charge in [0.25, 0.3) is 5.56 Å². The maximum Gasteiger partial charge on any atom is 0.332 e. The minimum Gasteiger partial charge on any atom is -0.463 e. The Morgan fingerprint density at radius 3 is 2.57 bits per heavy atom. The van der Waals surface area contributed by atoms with Crippen molar-refractivity contribution in [2.24, 2.45) is 7.05 Å². The summed E-state index contributed by atoms with van der Waals surface area (Å²) in [5, 5.41) is 0. The van der Waals surface area contributed by atoms with Gasteiger partial charge in [-0.15, -0.1) is 0 Å². The molecule has 2 aromatic heterocycles. The first-order valence-electron chi connectivity index (χ1n) is 7.40. The Balaban J connectivity index is 2.12. The van der Waals surface area contributed by atoms with Crippen LogP contribution in [0.1, 0.15) is 33.1 Å². The van der Waals surface area contributed by atoms with Gasteiger partial charge < -0.3 is 4.74 Å². The molecule has 0 spiro atoms. The lowest BCUT2D eigenvalue weighted by Crippen LogP contribution is -2.39. The number of carbonyl (C=O) groups excluding carboxylic acids is 1. The van der Waals surface area contributed by atoms with Crippen LogP contribution in [0.2, 0.25) is 0 Å². The lowest BCUT2D eigenvalue weighted by atomic mass is 10.2. The Bertz CT molecular complexity index is 885. The van der Waals surface area contributed by atoms with Crippen molar-refractivity contribution in [3.63, 3.8) is 0 Å². The molecule has 0 aromatic carbocycles. The second-order valence-electron chi connectivity index (χ2n) is 5.52. The van der Waals surface area contributed by atoms with E-state index in [1.165, 1.54) is 18.5 Å². The van der Waals surface area contributed by atoms with Crippen LogP contribution in [0.25, 0.3) is 11.2 Å². The van der Waals surface area contributed by atoms with Gasteiger partial charge in [-0.1, -0.05) is 0 Å². The Kier molecular flexibility index (Phi) is 4.87. The third-order valence-electron chi connectivity index (χ3n) is 3.63. The number of aromatic amines is 2. The Morgan fingerprint density at radius 1 is 1.22 bits per heavy atom. The van der Waals surface area contributed by atoms with Crippen molar-refractivity contribution in [3.05, 3.63) is 31.3 Å². The average molecular weight is 324 g/mol. The van der Waals surface area contributed by atoms with E-state index in [1.54, 1.807) is 6.92 Å². The summed E-state index contributed by atoms with van der Waals surface area (Å²) < 4.78 is 7.34. The molecule has 1 atom stereocenters. The third-order valence-corrected chi connectivity index (χ3v) is 3.63. The van der Waals surface area contributed by atoms with Crippen molar-refractivity contribution >= 4 is 17.1 Å². The molecule has 0 amide bonds. The zero-order valence-corrected chi connectivity index (χ0v) is 13.3. The highest BCUT2D eigenvalue weighted by molar-refractivity contribution is 5.68. The first-order valence-corrected chi connectivity index (χ1v) is 7.40. The number of esters is 1. The van der Waals surface area contributed by atoms with Gasteiger partial charge in [0.15, 0.2) is 5.52 Å². The van der Waals surface area contributed by atoms with Crippen molar-refractivity contribution in [2.75, 3.05) is 0 Å². The van der Waals surface area contributed by atoms with Crippen molar-refractivity contribution in [3.8, 4) is 0 Å². The maximum atomic E-state index is 12.3. The van der Waals surface area contributed by atoms with Crippen LogP contribution in [0.15, 0.2) is 14.4 Å². The van der Waals surface area contributed by atoms with Gasteiger partial charge in [-0.2, -0.15) is 0 Å². The van der Waals surface area contributed by atoms with Gasteiger partial charge in [-0.05, 0) is 26.2 Å². The molecule has 0 saturated heterocycles. The predicted octanol–water partition coefficient (Wildman–Crippen LogP) is -0.161. The standard InChI is InChI=1S/C14H20N4O5/c1-8(23-9(2)19)6-4-5-7-18-12(20)10-11(16-13(21)15-10)17(3)14(18)22/h8H,4-7H2,1-3H3,(H2,15,16,21). The van der Waals surface area contributed by atoms with Gasteiger partial charge in [0.05, 0.1) is 6.10 Å². The molecule has 2 rings (SSSR count). The van der Waals surface area contributed by atoms with Gasteiger partial charge in [0, 0.05) is 20.5 Å². The Hall–Kier alpha value is -2.58. The number of hydrogen-bond acceptors (Lipinski definition) is 5. The number of nitrogens with one attached hydrogen (secondary N) is 2. The van der Waals surface area contributed by atoms with E-state index in [0.29, 0.717) is 19.3 Å². The molecule has 1 unspecified atom stereocenters. The normalized spacial score (nSPS) is 12.5. The number of H-pyrrole nitrogens is 2. The lowest BCUT2D eigenvalue weighted by Gasteiger charge is -2.12. The number of fused-ring (bicyclic) bond motifs is 1. The Labute approximate surface area is 130 Å². The molecule has 9 heteroatoms. The molecule has 9 nitrogen and oxygen atoms in total. The SMILES string of the molecule is CC(=O)OC(C)CCCCn1c(=O)c2[nH]c(=O)[nH]c2n(C)c1=O. The number of carbonyl (C=O) groups is 1. The monoisotopic (exact) mass is 324 g/mol. The van der Waals surface area contributed by atoms with E-state index in [4.69, 9.17) is 4.74 Å². The van der Waals surface area contributed by atoms with Crippen molar-refractivity contribution in [1.82, 2.24) is 19.1 Å². The molecule has 0 radical (unpaired) electrons. The van der Waals surface area contributed by atoms with E-state index in [0.717, 1.165) is 4.57 Å². The van der Waals surface area contributed by atoms with E-state index in [1.807, 2.05) is 0 Å². The third kappa shape index (κ3) is 3.61. The summed E-state index contributed by atoms with van der Waals surface area (Å²) in [6.07, 6.45) is 1.74. The molecule has 23 heavy (non-hydrogen) atoms. The molecule has 0 saturated carbocycles. The maximum absolute atomic E-state index is 12.3. The van der Waals surface area contributed by atoms with Crippen LogP contribution in [-0.2, 0) is 23.1 Å². The molecule has 2 N–H and O–H groups in total. The number of imidazole rings is 1. The van der Waals surface area contributed by atoms with E-state index >= 15 is 0 Å². The summed E-state index contributed by atoms with van der Waals surface area (Å²) in [6.45, 7) is 3.39. The van der Waals surface area contributed by atoms with Crippen molar-refractivity contribution in [1.29, 1.82) is 0 Å². The fourth-order valence-corrected chi connectivity index (χ4v) is 2.52. The van der Waals surface area contributed by atoms with Gasteiger partial charge in [-0.25, -0.2) is 9.59 Å². The minimum atomic E-state index is -0.528.